The summed E-state index contributed by atoms with van der Waals surface area (Å²) in [7, 11) is 3.31. The van der Waals surface area contributed by atoms with Crippen LogP contribution in [0.5, 0.6) is 11.5 Å². The summed E-state index contributed by atoms with van der Waals surface area (Å²) in [5.74, 6) is -5.82. The van der Waals surface area contributed by atoms with Gasteiger partial charge >= 0.3 is 11.7 Å². The molecule has 1 unspecified atom stereocenters. The van der Waals surface area contributed by atoms with Crippen molar-refractivity contribution in [2.24, 2.45) is 14.1 Å². The minimum absolute atomic E-state index is 0.0409. The van der Waals surface area contributed by atoms with E-state index in [-0.39, 0.29) is 40.5 Å². The van der Waals surface area contributed by atoms with Crippen LogP contribution in [0.3, 0.4) is 0 Å². The van der Waals surface area contributed by atoms with Crippen molar-refractivity contribution in [2.45, 2.75) is 12.3 Å². The second-order valence-electron chi connectivity index (χ2n) is 8.97. The maximum atomic E-state index is 13.7. The van der Waals surface area contributed by atoms with Crippen LogP contribution >= 0.6 is 0 Å². The van der Waals surface area contributed by atoms with Crippen molar-refractivity contribution in [3.63, 3.8) is 0 Å². The predicted molar refractivity (Wildman–Crippen MR) is 126 cm³/mol. The zero-order chi connectivity index (χ0) is 26.2. The number of benzene rings is 3. The summed E-state index contributed by atoms with van der Waals surface area (Å²) >= 11 is 0. The van der Waals surface area contributed by atoms with E-state index in [2.05, 4.69) is 0 Å². The van der Waals surface area contributed by atoms with E-state index in [9.17, 15) is 27.6 Å². The molecule has 0 aliphatic carbocycles. The quantitative estimate of drug-likeness (QED) is 0.175. The van der Waals surface area contributed by atoms with Crippen molar-refractivity contribution in [3.05, 3.63) is 98.4 Å². The molecule has 2 aliphatic heterocycles. The van der Waals surface area contributed by atoms with E-state index in [1.165, 1.54) is 21.3 Å². The van der Waals surface area contributed by atoms with Gasteiger partial charge in [0.25, 0.3) is 0 Å². The third-order valence-electron chi connectivity index (χ3n) is 6.78. The Bertz CT molecular complexity index is 1760. The molecule has 1 aromatic heterocycles. The van der Waals surface area contributed by atoms with Crippen molar-refractivity contribution in [1.82, 2.24) is 9.13 Å². The smallest absolute Gasteiger partial charge is 0.328 e. The molecule has 3 aromatic carbocycles. The first-order valence-electron chi connectivity index (χ1n) is 11.3. The molecule has 186 valence electrons. The van der Waals surface area contributed by atoms with E-state index in [0.29, 0.717) is 22.2 Å². The van der Waals surface area contributed by atoms with Crippen molar-refractivity contribution in [1.29, 1.82) is 0 Å². The molecule has 0 saturated carbocycles. The number of carbonyl (C=O) groups excluding carboxylic acids is 2. The number of imidazole rings is 1. The first-order chi connectivity index (χ1) is 17.6. The number of nitrogens with zero attached hydrogens (tertiary/aromatic N) is 2. The van der Waals surface area contributed by atoms with Gasteiger partial charge < -0.3 is 9.47 Å². The average molecular weight is 506 g/mol. The Labute approximate surface area is 207 Å². The lowest BCUT2D eigenvalue weighted by molar-refractivity contribution is -0.135. The Morgan fingerprint density at radius 2 is 1.59 bits per heavy atom. The normalized spacial score (nSPS) is 17.6. The van der Waals surface area contributed by atoms with Crippen LogP contribution in [0, 0.1) is 17.5 Å². The van der Waals surface area contributed by atoms with Gasteiger partial charge in [-0.3, -0.25) is 18.7 Å². The highest BCUT2D eigenvalue weighted by Crippen LogP contribution is 2.49. The molecular formula is C27H17F3N2O5. The molecule has 37 heavy (non-hydrogen) atoms. The Kier molecular flexibility index (Phi) is 4.91. The second-order valence-corrected chi connectivity index (χ2v) is 8.97. The molecular weight excluding hydrogens is 489 g/mol. The van der Waals surface area contributed by atoms with Crippen LogP contribution in [0.25, 0.3) is 17.1 Å². The third-order valence-corrected chi connectivity index (χ3v) is 6.78. The Morgan fingerprint density at radius 1 is 0.892 bits per heavy atom. The topological polar surface area (TPSA) is 79.5 Å². The van der Waals surface area contributed by atoms with Gasteiger partial charge in [-0.2, -0.15) is 0 Å². The summed E-state index contributed by atoms with van der Waals surface area (Å²) in [4.78, 5) is 37.9. The number of halogens is 3. The van der Waals surface area contributed by atoms with Gasteiger partial charge in [-0.15, -0.1) is 0 Å². The zero-order valence-electron chi connectivity index (χ0n) is 19.5. The number of allylic oxidation sites excluding steroid dienone is 1. The third kappa shape index (κ3) is 3.40. The molecule has 0 saturated heterocycles. The summed E-state index contributed by atoms with van der Waals surface area (Å²) in [5, 5.41) is 0. The molecule has 0 fully saturated rings. The number of ketones is 1. The molecule has 1 atom stereocenters. The number of fused-ring (bicyclic) bond motifs is 4. The number of hydrogen-bond acceptors (Lipinski definition) is 5. The molecule has 0 spiro atoms. The highest BCUT2D eigenvalue weighted by Gasteiger charge is 2.38. The van der Waals surface area contributed by atoms with Gasteiger partial charge in [-0.05, 0) is 53.6 Å². The minimum atomic E-state index is -1.62. The van der Waals surface area contributed by atoms with Crippen molar-refractivity contribution < 1.29 is 32.2 Å². The van der Waals surface area contributed by atoms with E-state index < -0.39 is 35.1 Å². The lowest BCUT2D eigenvalue weighted by Crippen LogP contribution is -2.21. The van der Waals surface area contributed by atoms with Gasteiger partial charge in [-0.1, -0.05) is 6.07 Å². The van der Waals surface area contributed by atoms with Gasteiger partial charge in [-0.25, -0.2) is 18.0 Å². The van der Waals surface area contributed by atoms with Crippen LogP contribution in [0.15, 0.2) is 53.0 Å². The molecule has 0 radical (unpaired) electrons. The maximum Gasteiger partial charge on any atom is 0.328 e. The van der Waals surface area contributed by atoms with Crippen LogP contribution in [0.1, 0.15) is 39.4 Å². The van der Waals surface area contributed by atoms with Crippen LogP contribution in [0.2, 0.25) is 0 Å². The molecule has 4 aromatic rings. The van der Waals surface area contributed by atoms with Crippen molar-refractivity contribution in [2.75, 3.05) is 0 Å². The van der Waals surface area contributed by atoms with Crippen LogP contribution in [-0.2, 0) is 18.9 Å². The van der Waals surface area contributed by atoms with Gasteiger partial charge in [0.15, 0.2) is 23.2 Å². The lowest BCUT2D eigenvalue weighted by Gasteiger charge is -2.26. The SMILES string of the molecule is Cn1c(=O)n(C)c2cc(C3CC(=O)Oc4ccc5c(c43)OC(=Cc3cc(F)c(F)c(F)c3)C5=O)ccc21. The maximum absolute atomic E-state index is 13.7. The standard InChI is InChI=1S/C27H17F3N2O5/c1-31-18-5-3-13(10-19(18)32(2)27(31)35)15-11-22(33)36-20-6-4-14-25(34)21(37-26(14)23(15)20)9-12-7-16(28)24(30)17(29)8-12/h3-10,15H,11H2,1-2H3. The number of ether oxygens (including phenoxy) is 2. The van der Waals surface area contributed by atoms with Crippen LogP contribution in [0.4, 0.5) is 13.2 Å². The Balaban J connectivity index is 1.48. The number of esters is 1. The zero-order valence-corrected chi connectivity index (χ0v) is 19.5. The predicted octanol–water partition coefficient (Wildman–Crippen LogP) is 4.35. The average Bonchev–Trinajstić information content (AvgIpc) is 3.30. The molecule has 2 aliphatic rings. The fourth-order valence-corrected chi connectivity index (χ4v) is 4.94. The van der Waals surface area contributed by atoms with Crippen LogP contribution in [-0.4, -0.2) is 20.9 Å². The number of Topliss-reactive ketones (excluding diaryl/α,β-unsaturated/α-hetero) is 1. The Hall–Kier alpha value is -4.60. The lowest BCUT2D eigenvalue weighted by atomic mass is 9.84. The number of aryl methyl sites for hydroxylation is 2. The molecule has 3 heterocycles. The number of aromatic nitrogens is 2. The molecule has 0 bridgehead atoms. The molecule has 7 nitrogen and oxygen atoms in total. The van der Waals surface area contributed by atoms with Crippen LogP contribution < -0.4 is 15.2 Å². The molecule has 6 rings (SSSR count). The molecule has 0 amide bonds. The van der Waals surface area contributed by atoms with E-state index in [4.69, 9.17) is 9.47 Å². The highest BCUT2D eigenvalue weighted by atomic mass is 19.2. The largest absolute Gasteiger partial charge is 0.452 e. The first kappa shape index (κ1) is 22.8. The summed E-state index contributed by atoms with van der Waals surface area (Å²) in [6.07, 6.45) is 1.08. The fourth-order valence-electron chi connectivity index (χ4n) is 4.94. The van der Waals surface area contributed by atoms with Crippen molar-refractivity contribution >= 4 is 28.9 Å². The van der Waals surface area contributed by atoms with Gasteiger partial charge in [0, 0.05) is 25.6 Å². The van der Waals surface area contributed by atoms with E-state index in [0.717, 1.165) is 18.2 Å². The molecule has 0 N–H and O–H groups in total. The monoisotopic (exact) mass is 506 g/mol. The molecule has 10 heteroatoms. The summed E-state index contributed by atoms with van der Waals surface area (Å²) in [5.41, 5.74) is 2.43. The van der Waals surface area contributed by atoms with Crippen molar-refractivity contribution in [3.8, 4) is 11.5 Å². The van der Waals surface area contributed by atoms with E-state index in [1.54, 1.807) is 32.3 Å². The van der Waals surface area contributed by atoms with Gasteiger partial charge in [0.1, 0.15) is 11.5 Å². The first-order valence-corrected chi connectivity index (χ1v) is 11.3. The summed E-state index contributed by atoms with van der Waals surface area (Å²) < 4.78 is 55.1. The van der Waals surface area contributed by atoms with E-state index >= 15 is 0 Å². The van der Waals surface area contributed by atoms with E-state index in [1.807, 2.05) is 0 Å². The number of rotatable bonds is 2. The van der Waals surface area contributed by atoms with Gasteiger partial charge in [0.2, 0.25) is 5.78 Å². The fraction of sp³-hybridized carbons (Fsp3) is 0.148. The minimum Gasteiger partial charge on any atom is -0.452 e. The second kappa shape index (κ2) is 7.95. The highest BCUT2D eigenvalue weighted by molar-refractivity contribution is 6.15. The summed E-state index contributed by atoms with van der Waals surface area (Å²) in [6, 6.07) is 9.84. The number of carbonyl (C=O) groups is 2. The number of hydrogen-bond donors (Lipinski definition) is 0. The van der Waals surface area contributed by atoms with Gasteiger partial charge in [0.05, 0.1) is 23.0 Å². The Morgan fingerprint density at radius 3 is 2.32 bits per heavy atom. The summed E-state index contributed by atoms with van der Waals surface area (Å²) in [6.45, 7) is 0.